The average Bonchev–Trinajstić information content (AvgIpc) is 2.73. The van der Waals surface area contributed by atoms with Crippen molar-refractivity contribution in [3.8, 4) is 0 Å². The predicted octanol–water partition coefficient (Wildman–Crippen LogP) is 2.50. The van der Waals surface area contributed by atoms with E-state index in [0.29, 0.717) is 4.34 Å². The SMILES string of the molecule is CC(=O)OC1(c2ccsc2Cl)CCCN1. The van der Waals surface area contributed by atoms with Gasteiger partial charge in [-0.1, -0.05) is 11.6 Å². The second-order valence-corrected chi connectivity index (χ2v) is 5.08. The first-order chi connectivity index (χ1) is 7.14. The van der Waals surface area contributed by atoms with E-state index in [2.05, 4.69) is 5.32 Å². The lowest BCUT2D eigenvalue weighted by atomic mass is 10.0. The molecule has 0 saturated carbocycles. The zero-order valence-corrected chi connectivity index (χ0v) is 9.95. The first kappa shape index (κ1) is 10.9. The Hall–Kier alpha value is -0.580. The van der Waals surface area contributed by atoms with Crippen molar-refractivity contribution in [3.05, 3.63) is 21.3 Å². The zero-order chi connectivity index (χ0) is 10.9. The van der Waals surface area contributed by atoms with Crippen LogP contribution in [0.4, 0.5) is 0 Å². The Morgan fingerprint density at radius 2 is 2.53 bits per heavy atom. The first-order valence-corrected chi connectivity index (χ1v) is 6.08. The van der Waals surface area contributed by atoms with E-state index >= 15 is 0 Å². The molecule has 1 aromatic rings. The molecule has 1 aliphatic heterocycles. The summed E-state index contributed by atoms with van der Waals surface area (Å²) in [6.07, 6.45) is 1.77. The molecule has 15 heavy (non-hydrogen) atoms. The molecule has 1 fully saturated rings. The van der Waals surface area contributed by atoms with E-state index in [0.717, 1.165) is 24.9 Å². The summed E-state index contributed by atoms with van der Waals surface area (Å²) < 4.78 is 6.08. The summed E-state index contributed by atoms with van der Waals surface area (Å²) in [6.45, 7) is 2.27. The molecule has 0 aliphatic carbocycles. The molecule has 1 N–H and O–H groups in total. The molecule has 0 aromatic carbocycles. The van der Waals surface area contributed by atoms with Gasteiger partial charge in [-0.3, -0.25) is 10.1 Å². The van der Waals surface area contributed by atoms with Crippen LogP contribution in [0.25, 0.3) is 0 Å². The van der Waals surface area contributed by atoms with Crippen LogP contribution in [0.5, 0.6) is 0 Å². The molecule has 1 unspecified atom stereocenters. The number of thiophene rings is 1. The molecule has 1 aromatic heterocycles. The van der Waals surface area contributed by atoms with Gasteiger partial charge in [0.1, 0.15) is 4.34 Å². The minimum Gasteiger partial charge on any atom is -0.440 e. The van der Waals surface area contributed by atoms with Crippen molar-refractivity contribution < 1.29 is 9.53 Å². The maximum Gasteiger partial charge on any atom is 0.304 e. The quantitative estimate of drug-likeness (QED) is 0.814. The summed E-state index contributed by atoms with van der Waals surface area (Å²) in [4.78, 5) is 11.1. The standard InChI is InChI=1S/C10H12ClNO2S/c1-7(13)14-10(4-2-5-12-10)8-3-6-15-9(8)11/h3,6,12H,2,4-5H2,1H3. The predicted molar refractivity (Wildman–Crippen MR) is 60.0 cm³/mol. The van der Waals surface area contributed by atoms with Crippen molar-refractivity contribution in [2.75, 3.05) is 6.54 Å². The highest BCUT2D eigenvalue weighted by Gasteiger charge is 2.40. The van der Waals surface area contributed by atoms with E-state index < -0.39 is 5.72 Å². The summed E-state index contributed by atoms with van der Waals surface area (Å²) in [6, 6.07) is 1.91. The van der Waals surface area contributed by atoms with Gasteiger partial charge in [-0.2, -0.15) is 0 Å². The van der Waals surface area contributed by atoms with Gasteiger partial charge in [0.15, 0.2) is 5.72 Å². The molecular formula is C10H12ClNO2S. The third kappa shape index (κ3) is 2.02. The fourth-order valence-corrected chi connectivity index (χ4v) is 2.97. The Bertz CT molecular complexity index is 371. The highest BCUT2D eigenvalue weighted by atomic mass is 35.5. The van der Waals surface area contributed by atoms with Crippen LogP contribution in [-0.2, 0) is 15.3 Å². The van der Waals surface area contributed by atoms with Crippen LogP contribution in [0.2, 0.25) is 4.34 Å². The van der Waals surface area contributed by atoms with Crippen LogP contribution in [0.1, 0.15) is 25.3 Å². The van der Waals surface area contributed by atoms with Gasteiger partial charge in [0.25, 0.3) is 0 Å². The molecular weight excluding hydrogens is 234 g/mol. The van der Waals surface area contributed by atoms with E-state index in [1.54, 1.807) is 0 Å². The molecule has 0 spiro atoms. The van der Waals surface area contributed by atoms with Crippen LogP contribution in [-0.4, -0.2) is 12.5 Å². The van der Waals surface area contributed by atoms with Gasteiger partial charge in [-0.05, 0) is 24.4 Å². The second kappa shape index (κ2) is 4.12. The fraction of sp³-hybridized carbons (Fsp3) is 0.500. The third-order valence-corrected chi connectivity index (χ3v) is 3.66. The fourth-order valence-electron chi connectivity index (χ4n) is 1.92. The van der Waals surface area contributed by atoms with Crippen molar-refractivity contribution in [3.63, 3.8) is 0 Å². The van der Waals surface area contributed by atoms with Crippen molar-refractivity contribution in [1.29, 1.82) is 0 Å². The van der Waals surface area contributed by atoms with E-state index in [1.807, 2.05) is 11.4 Å². The van der Waals surface area contributed by atoms with Gasteiger partial charge < -0.3 is 4.74 Å². The Kier molecular flexibility index (Phi) is 3.00. The van der Waals surface area contributed by atoms with Crippen LogP contribution in [0.3, 0.4) is 0 Å². The van der Waals surface area contributed by atoms with Gasteiger partial charge >= 0.3 is 5.97 Å². The normalized spacial score (nSPS) is 25.5. The maximum absolute atomic E-state index is 11.1. The van der Waals surface area contributed by atoms with E-state index in [-0.39, 0.29) is 5.97 Å². The molecule has 0 bridgehead atoms. The Morgan fingerprint density at radius 1 is 1.73 bits per heavy atom. The highest BCUT2D eigenvalue weighted by Crippen LogP contribution is 2.39. The summed E-state index contributed by atoms with van der Waals surface area (Å²) >= 11 is 7.53. The van der Waals surface area contributed by atoms with E-state index in [1.165, 1.54) is 18.3 Å². The number of rotatable bonds is 2. The van der Waals surface area contributed by atoms with Crippen molar-refractivity contribution >= 4 is 28.9 Å². The van der Waals surface area contributed by atoms with Crippen LogP contribution in [0.15, 0.2) is 11.4 Å². The third-order valence-electron chi connectivity index (χ3n) is 2.49. The van der Waals surface area contributed by atoms with Crippen LogP contribution >= 0.6 is 22.9 Å². The highest BCUT2D eigenvalue weighted by molar-refractivity contribution is 7.14. The number of nitrogens with one attached hydrogen (secondary N) is 1. The topological polar surface area (TPSA) is 38.3 Å². The van der Waals surface area contributed by atoms with E-state index in [9.17, 15) is 4.79 Å². The molecule has 0 radical (unpaired) electrons. The number of hydrogen-bond donors (Lipinski definition) is 1. The molecule has 2 heterocycles. The number of carbonyl (C=O) groups excluding carboxylic acids is 1. The number of esters is 1. The Morgan fingerprint density at radius 3 is 3.00 bits per heavy atom. The number of halogens is 1. The van der Waals surface area contributed by atoms with Crippen molar-refractivity contribution in [2.24, 2.45) is 0 Å². The first-order valence-electron chi connectivity index (χ1n) is 4.82. The molecule has 82 valence electrons. The minimum absolute atomic E-state index is 0.285. The van der Waals surface area contributed by atoms with Crippen LogP contribution in [0, 0.1) is 0 Å². The zero-order valence-electron chi connectivity index (χ0n) is 8.38. The van der Waals surface area contributed by atoms with Gasteiger partial charge in [0, 0.05) is 18.9 Å². The number of ether oxygens (including phenoxy) is 1. The van der Waals surface area contributed by atoms with Gasteiger partial charge in [-0.25, -0.2) is 0 Å². The lowest BCUT2D eigenvalue weighted by Crippen LogP contribution is -2.40. The average molecular weight is 246 g/mol. The lowest BCUT2D eigenvalue weighted by molar-refractivity contribution is -0.160. The van der Waals surface area contributed by atoms with Gasteiger partial charge in [0.2, 0.25) is 0 Å². The Balaban J connectivity index is 2.34. The molecule has 1 atom stereocenters. The van der Waals surface area contributed by atoms with Crippen molar-refractivity contribution in [2.45, 2.75) is 25.5 Å². The lowest BCUT2D eigenvalue weighted by Gasteiger charge is -2.28. The summed E-state index contributed by atoms with van der Waals surface area (Å²) in [5, 5.41) is 5.13. The number of hydrogen-bond acceptors (Lipinski definition) is 4. The van der Waals surface area contributed by atoms with Crippen molar-refractivity contribution in [1.82, 2.24) is 5.32 Å². The molecule has 1 saturated heterocycles. The Labute approximate surface area is 97.4 Å². The van der Waals surface area contributed by atoms with E-state index in [4.69, 9.17) is 16.3 Å². The molecule has 3 nitrogen and oxygen atoms in total. The van der Waals surface area contributed by atoms with Gasteiger partial charge in [-0.15, -0.1) is 11.3 Å². The largest absolute Gasteiger partial charge is 0.440 e. The molecule has 0 amide bonds. The summed E-state index contributed by atoms with van der Waals surface area (Å²) in [5.74, 6) is -0.285. The molecule has 1 aliphatic rings. The monoisotopic (exact) mass is 245 g/mol. The summed E-state index contributed by atoms with van der Waals surface area (Å²) in [7, 11) is 0. The second-order valence-electron chi connectivity index (χ2n) is 3.56. The molecule has 2 rings (SSSR count). The summed E-state index contributed by atoms with van der Waals surface area (Å²) in [5.41, 5.74) is 0.185. The smallest absolute Gasteiger partial charge is 0.304 e. The van der Waals surface area contributed by atoms with Gasteiger partial charge in [0.05, 0.1) is 0 Å². The molecule has 5 heteroatoms. The minimum atomic E-state index is -0.692. The van der Waals surface area contributed by atoms with Crippen LogP contribution < -0.4 is 5.32 Å². The number of carbonyl (C=O) groups is 1. The maximum atomic E-state index is 11.1.